The summed E-state index contributed by atoms with van der Waals surface area (Å²) in [5.74, 6) is -0.865. The van der Waals surface area contributed by atoms with Gasteiger partial charge in [0.25, 0.3) is 5.91 Å². The molecule has 2 aromatic rings. The minimum Gasteiger partial charge on any atom is -0.340 e. The van der Waals surface area contributed by atoms with Crippen LogP contribution in [0.1, 0.15) is 23.2 Å². The molecule has 3 rings (SSSR count). The van der Waals surface area contributed by atoms with Crippen LogP contribution in [0.15, 0.2) is 42.7 Å². The minimum atomic E-state index is -0.493. The second-order valence-corrected chi connectivity index (χ2v) is 5.78. The zero-order valence-electron chi connectivity index (χ0n) is 13.5. The number of amides is 2. The molecule has 0 unspecified atom stereocenters. The van der Waals surface area contributed by atoms with Crippen LogP contribution in [-0.4, -0.2) is 34.9 Å². The van der Waals surface area contributed by atoms with Crippen LogP contribution in [0.5, 0.6) is 0 Å². The fourth-order valence-corrected chi connectivity index (χ4v) is 2.72. The highest BCUT2D eigenvalue weighted by Crippen LogP contribution is 2.19. The van der Waals surface area contributed by atoms with Crippen molar-refractivity contribution in [3.63, 3.8) is 0 Å². The van der Waals surface area contributed by atoms with Gasteiger partial charge in [-0.15, -0.1) is 0 Å². The minimum absolute atomic E-state index is 0.268. The van der Waals surface area contributed by atoms with Crippen LogP contribution < -0.4 is 15.8 Å². The Morgan fingerprint density at radius 3 is 2.56 bits per heavy atom. The van der Waals surface area contributed by atoms with Crippen molar-refractivity contribution in [2.24, 2.45) is 5.92 Å². The lowest BCUT2D eigenvalue weighted by atomic mass is 9.98. The lowest BCUT2D eigenvalue weighted by Crippen LogP contribution is -2.49. The third-order valence-corrected chi connectivity index (χ3v) is 4.03. The predicted molar refractivity (Wildman–Crippen MR) is 89.0 cm³/mol. The zero-order valence-corrected chi connectivity index (χ0v) is 13.5. The van der Waals surface area contributed by atoms with Crippen LogP contribution >= 0.6 is 0 Å². The molecule has 0 spiro atoms. The predicted octanol–water partition coefficient (Wildman–Crippen LogP) is 1.29. The fourth-order valence-electron chi connectivity index (χ4n) is 2.72. The fraction of sp³-hybridized carbons (Fsp3) is 0.294. The summed E-state index contributed by atoms with van der Waals surface area (Å²) in [4.78, 5) is 34.6. The van der Waals surface area contributed by atoms with E-state index in [1.807, 2.05) is 4.90 Å². The summed E-state index contributed by atoms with van der Waals surface area (Å²) in [7, 11) is 0. The maximum atomic E-state index is 12.9. The lowest BCUT2D eigenvalue weighted by molar-refractivity contribution is -0.126. The Bertz CT molecular complexity index is 738. The second-order valence-electron chi connectivity index (χ2n) is 5.78. The first kappa shape index (κ1) is 16.8. The number of aromatic nitrogens is 2. The van der Waals surface area contributed by atoms with E-state index in [0.717, 1.165) is 19.4 Å². The van der Waals surface area contributed by atoms with Gasteiger partial charge in [0.1, 0.15) is 5.82 Å². The van der Waals surface area contributed by atoms with Crippen LogP contribution in [0.4, 0.5) is 10.3 Å². The Balaban J connectivity index is 1.54. The Labute approximate surface area is 144 Å². The standard InChI is InChI=1S/C17H18FN5O2/c18-14-6-4-12(5-7-14)15(24)21-22-16(25)13-3-1-10-23(11-13)17-19-8-2-9-20-17/h2,4-9,13H,1,3,10-11H2,(H,21,24)(H,22,25)/t13-/m1/s1. The van der Waals surface area contributed by atoms with Gasteiger partial charge in [-0.2, -0.15) is 0 Å². The molecule has 1 aliphatic rings. The number of benzene rings is 1. The van der Waals surface area contributed by atoms with Gasteiger partial charge in [-0.1, -0.05) is 0 Å². The number of hydrogen-bond donors (Lipinski definition) is 2. The molecule has 1 atom stereocenters. The molecular formula is C17H18FN5O2. The van der Waals surface area contributed by atoms with E-state index in [-0.39, 0.29) is 17.4 Å². The molecule has 1 aromatic heterocycles. The summed E-state index contributed by atoms with van der Waals surface area (Å²) < 4.78 is 12.9. The molecule has 2 N–H and O–H groups in total. The molecule has 0 bridgehead atoms. The van der Waals surface area contributed by atoms with Crippen molar-refractivity contribution in [2.75, 3.05) is 18.0 Å². The van der Waals surface area contributed by atoms with Crippen LogP contribution in [0, 0.1) is 11.7 Å². The second kappa shape index (κ2) is 7.69. The van der Waals surface area contributed by atoms with E-state index < -0.39 is 11.7 Å². The lowest BCUT2D eigenvalue weighted by Gasteiger charge is -2.31. The van der Waals surface area contributed by atoms with Gasteiger partial charge in [-0.3, -0.25) is 20.4 Å². The third kappa shape index (κ3) is 4.28. The molecule has 0 saturated carbocycles. The van der Waals surface area contributed by atoms with Gasteiger partial charge >= 0.3 is 0 Å². The van der Waals surface area contributed by atoms with Crippen molar-refractivity contribution in [1.29, 1.82) is 0 Å². The normalized spacial score (nSPS) is 17.0. The third-order valence-electron chi connectivity index (χ3n) is 4.03. The number of piperidine rings is 1. The number of carbonyl (C=O) groups is 2. The summed E-state index contributed by atoms with van der Waals surface area (Å²) in [6.45, 7) is 1.28. The van der Waals surface area contributed by atoms with E-state index in [4.69, 9.17) is 0 Å². The number of halogens is 1. The first-order valence-electron chi connectivity index (χ1n) is 8.01. The topological polar surface area (TPSA) is 87.2 Å². The maximum Gasteiger partial charge on any atom is 0.269 e. The molecule has 1 saturated heterocycles. The van der Waals surface area contributed by atoms with Crippen molar-refractivity contribution in [3.05, 3.63) is 54.1 Å². The van der Waals surface area contributed by atoms with Gasteiger partial charge in [-0.25, -0.2) is 14.4 Å². The van der Waals surface area contributed by atoms with E-state index in [1.54, 1.807) is 18.5 Å². The number of anilines is 1. The van der Waals surface area contributed by atoms with Gasteiger partial charge in [-0.05, 0) is 43.2 Å². The molecule has 2 amide bonds. The van der Waals surface area contributed by atoms with Crippen LogP contribution in [0.2, 0.25) is 0 Å². The van der Waals surface area contributed by atoms with Gasteiger partial charge in [0.05, 0.1) is 5.92 Å². The molecule has 1 aromatic carbocycles. The largest absolute Gasteiger partial charge is 0.340 e. The van der Waals surface area contributed by atoms with Crippen LogP contribution in [0.3, 0.4) is 0 Å². The maximum absolute atomic E-state index is 12.9. The summed E-state index contributed by atoms with van der Waals surface area (Å²) in [5, 5.41) is 0. The quantitative estimate of drug-likeness (QED) is 0.820. The van der Waals surface area contributed by atoms with Gasteiger partial charge < -0.3 is 4.90 Å². The monoisotopic (exact) mass is 343 g/mol. The summed E-state index contributed by atoms with van der Waals surface area (Å²) in [6, 6.07) is 6.83. The van der Waals surface area contributed by atoms with Crippen molar-refractivity contribution < 1.29 is 14.0 Å². The van der Waals surface area contributed by atoms with Crippen LogP contribution in [-0.2, 0) is 4.79 Å². The molecule has 7 nitrogen and oxygen atoms in total. The van der Waals surface area contributed by atoms with Crippen molar-refractivity contribution in [3.8, 4) is 0 Å². The highest BCUT2D eigenvalue weighted by Gasteiger charge is 2.27. The number of hydrogen-bond acceptors (Lipinski definition) is 5. The molecule has 25 heavy (non-hydrogen) atoms. The van der Waals surface area contributed by atoms with E-state index in [9.17, 15) is 14.0 Å². The van der Waals surface area contributed by atoms with Gasteiger partial charge in [0.2, 0.25) is 11.9 Å². The molecule has 0 radical (unpaired) electrons. The smallest absolute Gasteiger partial charge is 0.269 e. The van der Waals surface area contributed by atoms with E-state index in [0.29, 0.717) is 12.5 Å². The molecular weight excluding hydrogens is 325 g/mol. The van der Waals surface area contributed by atoms with Gasteiger partial charge in [0, 0.05) is 31.0 Å². The summed E-state index contributed by atoms with van der Waals surface area (Å²) in [5.41, 5.74) is 5.07. The Kier molecular flexibility index (Phi) is 5.17. The van der Waals surface area contributed by atoms with E-state index in [1.165, 1.54) is 24.3 Å². The first-order valence-corrected chi connectivity index (χ1v) is 8.01. The Morgan fingerprint density at radius 2 is 1.84 bits per heavy atom. The number of hydrazine groups is 1. The number of rotatable bonds is 3. The van der Waals surface area contributed by atoms with Gasteiger partial charge in [0.15, 0.2) is 0 Å². The highest BCUT2D eigenvalue weighted by atomic mass is 19.1. The molecule has 1 aliphatic heterocycles. The van der Waals surface area contributed by atoms with Crippen molar-refractivity contribution in [1.82, 2.24) is 20.8 Å². The number of carbonyl (C=O) groups excluding carboxylic acids is 2. The Hall–Kier alpha value is -3.03. The summed E-state index contributed by atoms with van der Waals surface area (Å²) >= 11 is 0. The number of nitrogens with zero attached hydrogens (tertiary/aromatic N) is 3. The van der Waals surface area contributed by atoms with Crippen LogP contribution in [0.25, 0.3) is 0 Å². The van der Waals surface area contributed by atoms with E-state index in [2.05, 4.69) is 20.8 Å². The molecule has 0 aliphatic carbocycles. The molecule has 1 fully saturated rings. The Morgan fingerprint density at radius 1 is 1.12 bits per heavy atom. The van der Waals surface area contributed by atoms with E-state index >= 15 is 0 Å². The SMILES string of the molecule is O=C(NNC(=O)[C@@H]1CCCN(c2ncccn2)C1)c1ccc(F)cc1. The summed E-state index contributed by atoms with van der Waals surface area (Å²) in [6.07, 6.45) is 4.88. The highest BCUT2D eigenvalue weighted by molar-refractivity contribution is 5.95. The molecule has 130 valence electrons. The molecule has 8 heteroatoms. The average Bonchev–Trinajstić information content (AvgIpc) is 2.67. The van der Waals surface area contributed by atoms with Crippen molar-refractivity contribution in [2.45, 2.75) is 12.8 Å². The zero-order chi connectivity index (χ0) is 17.6. The number of nitrogens with one attached hydrogen (secondary N) is 2. The molecule has 2 heterocycles. The average molecular weight is 343 g/mol. The van der Waals surface area contributed by atoms with Crippen molar-refractivity contribution >= 4 is 17.8 Å². The first-order chi connectivity index (χ1) is 12.1.